The number of nitrogens with zero attached hydrogens (tertiary/aromatic N) is 1. The highest BCUT2D eigenvalue weighted by Crippen LogP contribution is 2.38. The number of aliphatic hydroxyl groups is 1. The molecule has 1 amide bonds. The van der Waals surface area contributed by atoms with Gasteiger partial charge in [0.2, 0.25) is 5.91 Å². The Labute approximate surface area is 121 Å². The molecule has 114 valence electrons. The molecule has 5 atom stereocenters. The summed E-state index contributed by atoms with van der Waals surface area (Å²) in [5.41, 5.74) is 0. The van der Waals surface area contributed by atoms with E-state index in [-0.39, 0.29) is 6.10 Å². The molecule has 4 nitrogen and oxygen atoms in total. The Kier molecular flexibility index (Phi) is 4.32. The summed E-state index contributed by atoms with van der Waals surface area (Å²) in [6.45, 7) is 6.10. The lowest BCUT2D eigenvalue weighted by molar-refractivity contribution is -0.132. The van der Waals surface area contributed by atoms with Gasteiger partial charge in [0.1, 0.15) is 0 Å². The molecule has 0 spiro atoms. The Morgan fingerprint density at radius 2 is 2.20 bits per heavy atom. The Hall–Kier alpha value is -0.610. The van der Waals surface area contributed by atoms with E-state index in [1.54, 1.807) is 0 Å². The van der Waals surface area contributed by atoms with Crippen LogP contribution in [-0.4, -0.2) is 48.2 Å². The van der Waals surface area contributed by atoms with Gasteiger partial charge >= 0.3 is 0 Å². The molecule has 4 heteroatoms. The molecule has 2 aliphatic heterocycles. The number of aliphatic hydroxyl groups excluding tert-OH is 1. The second kappa shape index (κ2) is 6.02. The zero-order chi connectivity index (χ0) is 14.1. The second-order valence-corrected chi connectivity index (χ2v) is 7.16. The van der Waals surface area contributed by atoms with E-state index in [4.69, 9.17) is 0 Å². The van der Waals surface area contributed by atoms with E-state index in [0.29, 0.717) is 36.0 Å². The van der Waals surface area contributed by atoms with Crippen LogP contribution >= 0.6 is 0 Å². The van der Waals surface area contributed by atoms with Crippen molar-refractivity contribution in [2.75, 3.05) is 26.2 Å². The van der Waals surface area contributed by atoms with Crippen LogP contribution in [0.3, 0.4) is 0 Å². The van der Waals surface area contributed by atoms with Gasteiger partial charge in [-0.25, -0.2) is 0 Å². The first-order valence-corrected chi connectivity index (χ1v) is 8.31. The highest BCUT2D eigenvalue weighted by Gasteiger charge is 2.43. The van der Waals surface area contributed by atoms with Gasteiger partial charge in [-0.15, -0.1) is 0 Å². The predicted molar refractivity (Wildman–Crippen MR) is 78.2 cm³/mol. The summed E-state index contributed by atoms with van der Waals surface area (Å²) in [5.74, 6) is 2.34. The quantitative estimate of drug-likeness (QED) is 0.818. The van der Waals surface area contributed by atoms with Gasteiger partial charge in [0, 0.05) is 25.4 Å². The first-order valence-electron chi connectivity index (χ1n) is 8.31. The lowest BCUT2D eigenvalue weighted by Gasteiger charge is -2.29. The van der Waals surface area contributed by atoms with Gasteiger partial charge in [-0.05, 0) is 56.5 Å². The third kappa shape index (κ3) is 2.86. The molecular formula is C16H28N2O2. The van der Waals surface area contributed by atoms with Gasteiger partial charge in [0.15, 0.2) is 0 Å². The fraction of sp³-hybridized carbons (Fsp3) is 0.938. The summed E-state index contributed by atoms with van der Waals surface area (Å²) in [6.07, 6.45) is 5.04. The van der Waals surface area contributed by atoms with Crippen molar-refractivity contribution < 1.29 is 9.90 Å². The van der Waals surface area contributed by atoms with Crippen LogP contribution in [0.15, 0.2) is 0 Å². The largest absolute Gasteiger partial charge is 0.393 e. The Bertz CT molecular complexity index is 354. The number of hydrogen-bond acceptors (Lipinski definition) is 3. The summed E-state index contributed by atoms with van der Waals surface area (Å²) in [7, 11) is 0. The molecule has 20 heavy (non-hydrogen) atoms. The molecule has 5 unspecified atom stereocenters. The fourth-order valence-corrected chi connectivity index (χ4v) is 4.38. The normalized spacial score (nSPS) is 38.8. The van der Waals surface area contributed by atoms with Crippen molar-refractivity contribution in [3.05, 3.63) is 0 Å². The van der Waals surface area contributed by atoms with Gasteiger partial charge in [-0.1, -0.05) is 6.92 Å². The molecule has 3 fully saturated rings. The Morgan fingerprint density at radius 1 is 1.35 bits per heavy atom. The van der Waals surface area contributed by atoms with Crippen LogP contribution in [0.2, 0.25) is 0 Å². The summed E-state index contributed by atoms with van der Waals surface area (Å²) in [5, 5.41) is 13.4. The summed E-state index contributed by atoms with van der Waals surface area (Å²) >= 11 is 0. The maximum Gasteiger partial charge on any atom is 0.222 e. The number of hydrogen-bond donors (Lipinski definition) is 2. The van der Waals surface area contributed by atoms with E-state index in [0.717, 1.165) is 39.0 Å². The number of rotatable bonds is 3. The average molecular weight is 280 g/mol. The van der Waals surface area contributed by atoms with E-state index >= 15 is 0 Å². The van der Waals surface area contributed by atoms with Crippen LogP contribution in [0.1, 0.15) is 39.0 Å². The third-order valence-corrected chi connectivity index (χ3v) is 5.81. The van der Waals surface area contributed by atoms with Crippen LogP contribution in [0, 0.1) is 23.7 Å². The number of likely N-dealkylation sites (tertiary alicyclic amines) is 1. The number of fused-ring (bicyclic) bond motifs is 1. The van der Waals surface area contributed by atoms with Gasteiger partial charge in [-0.3, -0.25) is 4.79 Å². The summed E-state index contributed by atoms with van der Waals surface area (Å²) < 4.78 is 0. The smallest absolute Gasteiger partial charge is 0.222 e. The summed E-state index contributed by atoms with van der Waals surface area (Å²) in [6, 6.07) is 0. The van der Waals surface area contributed by atoms with E-state index in [9.17, 15) is 9.90 Å². The Balaban J connectivity index is 1.49. The van der Waals surface area contributed by atoms with Crippen molar-refractivity contribution in [2.45, 2.75) is 45.1 Å². The average Bonchev–Trinajstić information content (AvgIpc) is 3.02. The van der Waals surface area contributed by atoms with Crippen LogP contribution in [-0.2, 0) is 4.79 Å². The fourth-order valence-electron chi connectivity index (χ4n) is 4.38. The molecular weight excluding hydrogens is 252 g/mol. The second-order valence-electron chi connectivity index (χ2n) is 7.16. The van der Waals surface area contributed by atoms with Crippen LogP contribution in [0.4, 0.5) is 0 Å². The number of nitrogens with one attached hydrogen (secondary N) is 1. The minimum absolute atomic E-state index is 0.169. The van der Waals surface area contributed by atoms with Crippen molar-refractivity contribution in [1.82, 2.24) is 10.2 Å². The van der Waals surface area contributed by atoms with Gasteiger partial charge in [-0.2, -0.15) is 0 Å². The number of carbonyl (C=O) groups excluding carboxylic acids is 1. The van der Waals surface area contributed by atoms with Crippen molar-refractivity contribution in [2.24, 2.45) is 23.7 Å². The minimum atomic E-state index is -0.169. The zero-order valence-corrected chi connectivity index (χ0v) is 12.6. The van der Waals surface area contributed by atoms with E-state index in [2.05, 4.69) is 12.2 Å². The number of piperidine rings is 1. The van der Waals surface area contributed by atoms with E-state index in [1.807, 2.05) is 4.90 Å². The van der Waals surface area contributed by atoms with Crippen LogP contribution in [0.5, 0.6) is 0 Å². The molecule has 3 aliphatic rings. The minimum Gasteiger partial charge on any atom is -0.393 e. The van der Waals surface area contributed by atoms with E-state index < -0.39 is 0 Å². The number of carbonyl (C=O) groups is 1. The van der Waals surface area contributed by atoms with E-state index in [1.165, 1.54) is 12.8 Å². The zero-order valence-electron chi connectivity index (χ0n) is 12.6. The lowest BCUT2D eigenvalue weighted by atomic mass is 9.85. The highest BCUT2D eigenvalue weighted by atomic mass is 16.3. The molecule has 0 bridgehead atoms. The van der Waals surface area contributed by atoms with Crippen LogP contribution < -0.4 is 5.32 Å². The monoisotopic (exact) mass is 280 g/mol. The standard InChI is InChI=1S/C16H28N2O2/c1-11(12-3-2-6-17-8-12)7-16(20)18-9-13-4-5-15(19)14(13)10-18/h11-15,17,19H,2-10H2,1H3. The lowest BCUT2D eigenvalue weighted by Crippen LogP contribution is -2.37. The molecule has 0 aromatic carbocycles. The van der Waals surface area contributed by atoms with Crippen molar-refractivity contribution >= 4 is 5.91 Å². The predicted octanol–water partition coefficient (Wildman–Crippen LogP) is 1.24. The molecule has 2 saturated heterocycles. The Morgan fingerprint density at radius 3 is 2.90 bits per heavy atom. The molecule has 3 rings (SSSR count). The molecule has 0 radical (unpaired) electrons. The molecule has 1 aliphatic carbocycles. The topological polar surface area (TPSA) is 52.6 Å². The first kappa shape index (κ1) is 14.3. The van der Waals surface area contributed by atoms with Gasteiger partial charge in [0.25, 0.3) is 0 Å². The first-order chi connectivity index (χ1) is 9.65. The maximum absolute atomic E-state index is 12.5. The highest BCUT2D eigenvalue weighted by molar-refractivity contribution is 5.76. The van der Waals surface area contributed by atoms with Crippen molar-refractivity contribution in [1.29, 1.82) is 0 Å². The van der Waals surface area contributed by atoms with Crippen molar-refractivity contribution in [3.8, 4) is 0 Å². The SMILES string of the molecule is CC(CC(=O)N1CC2CCC(O)C2C1)C1CCCNC1. The van der Waals surface area contributed by atoms with Gasteiger partial charge < -0.3 is 15.3 Å². The molecule has 2 heterocycles. The molecule has 0 aromatic rings. The molecule has 0 aromatic heterocycles. The maximum atomic E-state index is 12.5. The number of amides is 1. The third-order valence-electron chi connectivity index (χ3n) is 5.81. The molecule has 2 N–H and O–H groups in total. The van der Waals surface area contributed by atoms with Crippen LogP contribution in [0.25, 0.3) is 0 Å². The summed E-state index contributed by atoms with van der Waals surface area (Å²) in [4.78, 5) is 14.5. The molecule has 1 saturated carbocycles. The van der Waals surface area contributed by atoms with Gasteiger partial charge in [0.05, 0.1) is 6.10 Å². The van der Waals surface area contributed by atoms with Crippen molar-refractivity contribution in [3.63, 3.8) is 0 Å².